The monoisotopic (exact) mass is 380 g/mol. The Morgan fingerprint density at radius 1 is 0.714 bits per heavy atom. The van der Waals surface area contributed by atoms with Crippen molar-refractivity contribution in [1.29, 1.82) is 0 Å². The van der Waals surface area contributed by atoms with Crippen LogP contribution in [0.1, 0.15) is 22.3 Å². The van der Waals surface area contributed by atoms with Crippen LogP contribution in [0.3, 0.4) is 0 Å². The van der Waals surface area contributed by atoms with Crippen LogP contribution in [-0.2, 0) is 21.1 Å². The van der Waals surface area contributed by atoms with Gasteiger partial charge in [0.25, 0.3) is 6.01 Å². The van der Waals surface area contributed by atoms with Crippen LogP contribution in [0, 0.1) is 27.7 Å². The Labute approximate surface area is 165 Å². The SMILES string of the molecule is COc1nc2c(C)ccc(C)c2n1C.Cc1ccc(C)c2c1n(C)c(=O)n2C. The summed E-state index contributed by atoms with van der Waals surface area (Å²) < 4.78 is 10.6. The number of hydrogen-bond donors (Lipinski definition) is 0. The third-order valence-electron chi connectivity index (χ3n) is 5.37. The van der Waals surface area contributed by atoms with Gasteiger partial charge in [-0.25, -0.2) is 4.79 Å². The van der Waals surface area contributed by atoms with Crippen LogP contribution in [0.15, 0.2) is 29.1 Å². The van der Waals surface area contributed by atoms with E-state index in [4.69, 9.17) is 4.74 Å². The summed E-state index contributed by atoms with van der Waals surface area (Å²) in [6.07, 6.45) is 0. The van der Waals surface area contributed by atoms with E-state index >= 15 is 0 Å². The predicted molar refractivity (Wildman–Crippen MR) is 114 cm³/mol. The second kappa shape index (κ2) is 7.19. The van der Waals surface area contributed by atoms with Gasteiger partial charge in [0.2, 0.25) is 0 Å². The van der Waals surface area contributed by atoms with Gasteiger partial charge in [0, 0.05) is 21.1 Å². The molecule has 0 fully saturated rings. The number of ether oxygens (including phenoxy) is 1. The molecule has 2 aromatic carbocycles. The number of rotatable bonds is 1. The van der Waals surface area contributed by atoms with Gasteiger partial charge in [-0.3, -0.25) is 13.7 Å². The molecule has 0 saturated carbocycles. The zero-order valence-electron chi connectivity index (χ0n) is 17.9. The van der Waals surface area contributed by atoms with Gasteiger partial charge in [-0.15, -0.1) is 0 Å². The molecule has 4 aromatic rings. The fourth-order valence-corrected chi connectivity index (χ4v) is 3.84. The smallest absolute Gasteiger partial charge is 0.328 e. The molecule has 2 heterocycles. The number of fused-ring (bicyclic) bond motifs is 2. The molecule has 2 aromatic heterocycles. The Kier molecular flexibility index (Phi) is 5.06. The lowest BCUT2D eigenvalue weighted by Crippen LogP contribution is -2.19. The van der Waals surface area contributed by atoms with Crippen LogP contribution >= 0.6 is 0 Å². The second-order valence-corrected chi connectivity index (χ2v) is 7.35. The van der Waals surface area contributed by atoms with Crippen molar-refractivity contribution in [3.8, 4) is 6.01 Å². The van der Waals surface area contributed by atoms with Crippen molar-refractivity contribution < 1.29 is 4.74 Å². The van der Waals surface area contributed by atoms with Crippen molar-refractivity contribution >= 4 is 22.1 Å². The molecule has 0 aliphatic heterocycles. The van der Waals surface area contributed by atoms with Crippen LogP contribution in [0.25, 0.3) is 22.1 Å². The average Bonchev–Trinajstić information content (AvgIpc) is 3.13. The van der Waals surface area contributed by atoms with Gasteiger partial charge in [0.05, 0.1) is 29.2 Å². The number of nitrogens with zero attached hydrogens (tertiary/aromatic N) is 4. The van der Waals surface area contributed by atoms with Crippen LogP contribution < -0.4 is 10.4 Å². The summed E-state index contributed by atoms with van der Waals surface area (Å²) in [5.74, 6) is 0. The maximum atomic E-state index is 11.7. The molecular formula is C22H28N4O2. The molecule has 0 amide bonds. The summed E-state index contributed by atoms with van der Waals surface area (Å²) in [7, 11) is 7.25. The highest BCUT2D eigenvalue weighted by molar-refractivity contribution is 5.83. The van der Waals surface area contributed by atoms with Crippen LogP contribution in [0.4, 0.5) is 0 Å². The quantitative estimate of drug-likeness (QED) is 0.506. The van der Waals surface area contributed by atoms with Gasteiger partial charge in [-0.1, -0.05) is 24.3 Å². The molecule has 0 radical (unpaired) electrons. The number of aryl methyl sites for hydroxylation is 7. The molecule has 0 unspecified atom stereocenters. The lowest BCUT2D eigenvalue weighted by molar-refractivity contribution is 0.368. The van der Waals surface area contributed by atoms with Crippen molar-refractivity contribution in [3.05, 3.63) is 57.0 Å². The summed E-state index contributed by atoms with van der Waals surface area (Å²) in [5.41, 5.74) is 9.00. The number of hydrogen-bond acceptors (Lipinski definition) is 3. The van der Waals surface area contributed by atoms with E-state index in [9.17, 15) is 4.79 Å². The molecule has 0 aliphatic rings. The maximum absolute atomic E-state index is 11.7. The van der Waals surface area contributed by atoms with E-state index in [1.807, 2.05) is 39.6 Å². The van der Waals surface area contributed by atoms with Gasteiger partial charge in [-0.2, -0.15) is 4.98 Å². The van der Waals surface area contributed by atoms with E-state index < -0.39 is 0 Å². The van der Waals surface area contributed by atoms with Gasteiger partial charge in [-0.05, 0) is 49.9 Å². The Morgan fingerprint density at radius 3 is 1.57 bits per heavy atom. The van der Waals surface area contributed by atoms with Crippen molar-refractivity contribution in [1.82, 2.24) is 18.7 Å². The van der Waals surface area contributed by atoms with Gasteiger partial charge in [0.1, 0.15) is 0 Å². The molecule has 0 atom stereocenters. The number of imidazole rings is 2. The number of benzene rings is 2. The van der Waals surface area contributed by atoms with Crippen molar-refractivity contribution in [3.63, 3.8) is 0 Å². The summed E-state index contributed by atoms with van der Waals surface area (Å²) in [4.78, 5) is 16.2. The molecule has 6 nitrogen and oxygen atoms in total. The predicted octanol–water partition coefficient (Wildman–Crippen LogP) is 3.69. The Bertz CT molecular complexity index is 1190. The largest absolute Gasteiger partial charge is 0.468 e. The fraction of sp³-hybridized carbons (Fsp3) is 0.364. The van der Waals surface area contributed by atoms with Crippen LogP contribution in [0.2, 0.25) is 0 Å². The molecular weight excluding hydrogens is 352 g/mol. The van der Waals surface area contributed by atoms with Crippen LogP contribution in [-0.4, -0.2) is 25.8 Å². The van der Waals surface area contributed by atoms with Gasteiger partial charge in [0.15, 0.2) is 0 Å². The molecule has 0 aliphatic carbocycles. The molecule has 148 valence electrons. The zero-order chi connectivity index (χ0) is 20.7. The van der Waals surface area contributed by atoms with Crippen molar-refractivity contribution in [2.75, 3.05) is 7.11 Å². The number of methoxy groups -OCH3 is 1. The molecule has 4 rings (SSSR count). The minimum Gasteiger partial charge on any atom is -0.468 e. The third kappa shape index (κ3) is 2.99. The van der Waals surface area contributed by atoms with E-state index in [1.54, 1.807) is 16.2 Å². The van der Waals surface area contributed by atoms with Gasteiger partial charge < -0.3 is 4.74 Å². The zero-order valence-corrected chi connectivity index (χ0v) is 17.9. The maximum Gasteiger partial charge on any atom is 0.328 e. The van der Waals surface area contributed by atoms with Gasteiger partial charge >= 0.3 is 5.69 Å². The Balaban J connectivity index is 0.000000161. The van der Waals surface area contributed by atoms with E-state index in [1.165, 1.54) is 11.1 Å². The first kappa shape index (κ1) is 19.7. The highest BCUT2D eigenvalue weighted by atomic mass is 16.5. The highest BCUT2D eigenvalue weighted by Gasteiger charge is 2.12. The molecule has 0 bridgehead atoms. The Morgan fingerprint density at radius 2 is 1.14 bits per heavy atom. The normalized spacial score (nSPS) is 11.0. The molecule has 0 saturated heterocycles. The van der Waals surface area contributed by atoms with Crippen LogP contribution in [0.5, 0.6) is 6.01 Å². The Hall–Kier alpha value is -3.02. The summed E-state index contributed by atoms with van der Waals surface area (Å²) >= 11 is 0. The third-order valence-corrected chi connectivity index (χ3v) is 5.37. The average molecular weight is 380 g/mol. The van der Waals surface area contributed by atoms with E-state index in [0.29, 0.717) is 6.01 Å². The van der Waals surface area contributed by atoms with E-state index in [-0.39, 0.29) is 5.69 Å². The first-order chi connectivity index (χ1) is 13.2. The summed E-state index contributed by atoms with van der Waals surface area (Å²) in [6, 6.07) is 8.97. The molecule has 6 heteroatoms. The minimum absolute atomic E-state index is 0.0393. The highest BCUT2D eigenvalue weighted by Crippen LogP contribution is 2.25. The topological polar surface area (TPSA) is 54.0 Å². The fourth-order valence-electron chi connectivity index (χ4n) is 3.84. The molecule has 0 N–H and O–H groups in total. The molecule has 28 heavy (non-hydrogen) atoms. The first-order valence-corrected chi connectivity index (χ1v) is 9.27. The number of aromatic nitrogens is 4. The first-order valence-electron chi connectivity index (χ1n) is 9.27. The van der Waals surface area contributed by atoms with E-state index in [0.717, 1.165) is 33.2 Å². The second-order valence-electron chi connectivity index (χ2n) is 7.35. The standard InChI is InChI=1S/2C11H14N2O/c1-7-5-6-8(2)10-9(7)12-11(14-4)13(10)3;1-7-5-6-8(2)10-9(7)12(3)11(14)13(10)4/h2*5-6H,1-4H3. The minimum atomic E-state index is 0.0393. The van der Waals surface area contributed by atoms with E-state index in [2.05, 4.69) is 43.1 Å². The summed E-state index contributed by atoms with van der Waals surface area (Å²) in [5, 5.41) is 0. The molecule has 0 spiro atoms. The lowest BCUT2D eigenvalue weighted by Gasteiger charge is -2.02. The van der Waals surface area contributed by atoms with Crippen molar-refractivity contribution in [2.45, 2.75) is 27.7 Å². The summed E-state index contributed by atoms with van der Waals surface area (Å²) in [6.45, 7) is 8.21. The van der Waals surface area contributed by atoms with Crippen molar-refractivity contribution in [2.24, 2.45) is 21.1 Å². The lowest BCUT2D eigenvalue weighted by atomic mass is 10.1.